The summed E-state index contributed by atoms with van der Waals surface area (Å²) in [7, 11) is 0. The van der Waals surface area contributed by atoms with Crippen molar-refractivity contribution in [2.45, 2.75) is 70.1 Å². The quantitative estimate of drug-likeness (QED) is 0.335. The van der Waals surface area contributed by atoms with E-state index < -0.39 is 0 Å². The van der Waals surface area contributed by atoms with Gasteiger partial charge in [-0.1, -0.05) is 82.3 Å². The minimum Gasteiger partial charge on any atom is -0.281 e. The molecule has 0 saturated heterocycles. The third kappa shape index (κ3) is 7.07. The van der Waals surface area contributed by atoms with E-state index >= 15 is 0 Å². The van der Waals surface area contributed by atoms with Crippen LogP contribution < -0.4 is 0 Å². The zero-order valence-corrected chi connectivity index (χ0v) is 16.4. The molecule has 0 aliphatic heterocycles. The molecule has 0 aromatic heterocycles. The highest BCUT2D eigenvalue weighted by atomic mass is 32.2. The lowest BCUT2D eigenvalue weighted by Gasteiger charge is -2.05. The van der Waals surface area contributed by atoms with Crippen LogP contribution in [0.3, 0.4) is 0 Å². The zero-order valence-electron chi connectivity index (χ0n) is 15.6. The van der Waals surface area contributed by atoms with Crippen LogP contribution in [0.4, 0.5) is 0 Å². The summed E-state index contributed by atoms with van der Waals surface area (Å²) in [5.74, 6) is 0. The summed E-state index contributed by atoms with van der Waals surface area (Å²) in [5.41, 5.74) is 3.46. The normalized spacial score (nSPS) is 10.8. The van der Waals surface area contributed by atoms with E-state index in [0.717, 1.165) is 29.7 Å². The highest BCUT2D eigenvalue weighted by Gasteiger charge is 2.08. The summed E-state index contributed by atoms with van der Waals surface area (Å²) in [6.07, 6.45) is 9.87. The minimum atomic E-state index is 0.123. The lowest BCUT2D eigenvalue weighted by molar-refractivity contribution is 0.108. The van der Waals surface area contributed by atoms with Crippen molar-refractivity contribution < 1.29 is 4.79 Å². The van der Waals surface area contributed by atoms with Gasteiger partial charge in [0.1, 0.15) is 0 Å². The molecule has 0 fully saturated rings. The van der Waals surface area contributed by atoms with Gasteiger partial charge in [0.2, 0.25) is 5.12 Å². The second kappa shape index (κ2) is 11.1. The van der Waals surface area contributed by atoms with Gasteiger partial charge < -0.3 is 0 Å². The van der Waals surface area contributed by atoms with Crippen LogP contribution >= 0.6 is 11.8 Å². The van der Waals surface area contributed by atoms with Crippen LogP contribution in [-0.4, -0.2) is 5.12 Å². The fourth-order valence-corrected chi connectivity index (χ4v) is 3.66. The molecule has 134 valence electrons. The van der Waals surface area contributed by atoms with E-state index in [-0.39, 0.29) is 5.12 Å². The summed E-state index contributed by atoms with van der Waals surface area (Å²) in [5, 5.41) is 0.123. The molecular formula is C23H30OS. The maximum Gasteiger partial charge on any atom is 0.224 e. The number of unbranched alkanes of at least 4 members (excludes halogenated alkanes) is 4. The van der Waals surface area contributed by atoms with Gasteiger partial charge in [-0.25, -0.2) is 0 Å². The van der Waals surface area contributed by atoms with E-state index in [2.05, 4.69) is 50.2 Å². The lowest BCUT2D eigenvalue weighted by Crippen LogP contribution is -1.94. The van der Waals surface area contributed by atoms with Gasteiger partial charge >= 0.3 is 0 Å². The van der Waals surface area contributed by atoms with Gasteiger partial charge in [0, 0.05) is 10.5 Å². The molecule has 0 bridgehead atoms. The largest absolute Gasteiger partial charge is 0.281 e. The molecule has 0 aliphatic rings. The molecule has 0 N–H and O–H groups in total. The Bertz CT molecular complexity index is 628. The molecule has 1 nitrogen and oxygen atoms in total. The van der Waals surface area contributed by atoms with Crippen molar-refractivity contribution in [2.75, 3.05) is 0 Å². The molecule has 25 heavy (non-hydrogen) atoms. The second-order valence-corrected chi connectivity index (χ2v) is 7.69. The smallest absolute Gasteiger partial charge is 0.224 e. The first kappa shape index (κ1) is 19.8. The van der Waals surface area contributed by atoms with E-state index in [0.29, 0.717) is 0 Å². The van der Waals surface area contributed by atoms with E-state index in [1.54, 1.807) is 0 Å². The summed E-state index contributed by atoms with van der Waals surface area (Å²) in [6.45, 7) is 4.42. The van der Waals surface area contributed by atoms with Crippen LogP contribution in [0.5, 0.6) is 0 Å². The third-order valence-corrected chi connectivity index (χ3v) is 5.36. The lowest BCUT2D eigenvalue weighted by atomic mass is 10.0. The topological polar surface area (TPSA) is 17.1 Å². The standard InChI is InChI=1S/C23H30OS/c1-3-5-6-7-8-10-20-11-15-21(16-12-20)23(24)25-22-17-13-19(9-4-2)14-18-22/h11-18H,3-10H2,1-2H3. The number of hydrogen-bond acceptors (Lipinski definition) is 2. The molecule has 0 aliphatic carbocycles. The Hall–Kier alpha value is -1.54. The van der Waals surface area contributed by atoms with Crippen LogP contribution in [0.25, 0.3) is 0 Å². The fourth-order valence-electron chi connectivity index (χ4n) is 2.92. The van der Waals surface area contributed by atoms with Crippen molar-refractivity contribution in [1.82, 2.24) is 0 Å². The van der Waals surface area contributed by atoms with Gasteiger partial charge in [-0.3, -0.25) is 4.79 Å². The van der Waals surface area contributed by atoms with Crippen molar-refractivity contribution in [2.24, 2.45) is 0 Å². The zero-order chi connectivity index (χ0) is 17.9. The van der Waals surface area contributed by atoms with Gasteiger partial charge in [-0.05, 0) is 54.3 Å². The van der Waals surface area contributed by atoms with Crippen molar-refractivity contribution in [3.05, 3.63) is 65.2 Å². The first-order valence-corrected chi connectivity index (χ1v) is 10.4. The summed E-state index contributed by atoms with van der Waals surface area (Å²) >= 11 is 1.32. The summed E-state index contributed by atoms with van der Waals surface area (Å²) < 4.78 is 0. The van der Waals surface area contributed by atoms with Gasteiger partial charge in [0.15, 0.2) is 0 Å². The van der Waals surface area contributed by atoms with Crippen LogP contribution in [0, 0.1) is 0 Å². The SMILES string of the molecule is CCCCCCCc1ccc(C(=O)Sc2ccc(CCC)cc2)cc1. The number of carbonyl (C=O) groups excluding carboxylic acids is 1. The Kier molecular flexibility index (Phi) is 8.82. The highest BCUT2D eigenvalue weighted by Crippen LogP contribution is 2.24. The Morgan fingerprint density at radius 2 is 1.32 bits per heavy atom. The molecule has 0 amide bonds. The maximum absolute atomic E-state index is 12.4. The predicted octanol–water partition coefficient (Wildman–Crippen LogP) is 7.08. The molecule has 2 aromatic rings. The van der Waals surface area contributed by atoms with Gasteiger partial charge in [-0.15, -0.1) is 0 Å². The van der Waals surface area contributed by atoms with Crippen molar-refractivity contribution >= 4 is 16.9 Å². The van der Waals surface area contributed by atoms with Gasteiger partial charge in [0.05, 0.1) is 0 Å². The summed E-state index contributed by atoms with van der Waals surface area (Å²) in [6, 6.07) is 16.5. The monoisotopic (exact) mass is 354 g/mol. The second-order valence-electron chi connectivity index (χ2n) is 6.64. The van der Waals surface area contributed by atoms with Gasteiger partial charge in [0.25, 0.3) is 0 Å². The third-order valence-electron chi connectivity index (χ3n) is 4.43. The van der Waals surface area contributed by atoms with Gasteiger partial charge in [-0.2, -0.15) is 0 Å². The molecule has 0 spiro atoms. The van der Waals surface area contributed by atoms with Crippen molar-refractivity contribution in [3.63, 3.8) is 0 Å². The predicted molar refractivity (Wildman–Crippen MR) is 110 cm³/mol. The Balaban J connectivity index is 1.83. The van der Waals surface area contributed by atoms with E-state index in [1.807, 2.05) is 12.1 Å². The molecule has 0 saturated carbocycles. The Morgan fingerprint density at radius 1 is 0.720 bits per heavy atom. The minimum absolute atomic E-state index is 0.123. The number of benzene rings is 2. The molecule has 0 atom stereocenters. The molecule has 0 radical (unpaired) electrons. The van der Waals surface area contributed by atoms with Crippen molar-refractivity contribution in [3.8, 4) is 0 Å². The number of aryl methyl sites for hydroxylation is 2. The molecule has 2 aromatic carbocycles. The fraction of sp³-hybridized carbons (Fsp3) is 0.435. The number of thioether (sulfide) groups is 1. The Morgan fingerprint density at radius 3 is 1.96 bits per heavy atom. The molecule has 2 rings (SSSR count). The van der Waals surface area contributed by atoms with Crippen LogP contribution in [0.1, 0.15) is 73.9 Å². The van der Waals surface area contributed by atoms with E-state index in [9.17, 15) is 4.79 Å². The summed E-state index contributed by atoms with van der Waals surface area (Å²) in [4.78, 5) is 13.4. The average Bonchev–Trinajstić information content (AvgIpc) is 2.64. The van der Waals surface area contributed by atoms with Crippen LogP contribution in [-0.2, 0) is 12.8 Å². The van der Waals surface area contributed by atoms with Crippen LogP contribution in [0.2, 0.25) is 0 Å². The molecule has 2 heteroatoms. The molecule has 0 heterocycles. The first-order valence-electron chi connectivity index (χ1n) is 9.63. The number of hydrogen-bond donors (Lipinski definition) is 0. The average molecular weight is 355 g/mol. The van der Waals surface area contributed by atoms with Crippen LogP contribution in [0.15, 0.2) is 53.4 Å². The molecular weight excluding hydrogens is 324 g/mol. The molecule has 0 unspecified atom stereocenters. The number of rotatable bonds is 10. The van der Waals surface area contributed by atoms with E-state index in [1.165, 1.54) is 55.0 Å². The van der Waals surface area contributed by atoms with E-state index in [4.69, 9.17) is 0 Å². The first-order chi connectivity index (χ1) is 12.2. The highest BCUT2D eigenvalue weighted by molar-refractivity contribution is 8.14. The maximum atomic E-state index is 12.4. The Labute approximate surface area is 157 Å². The number of carbonyl (C=O) groups is 1. The van der Waals surface area contributed by atoms with Crippen molar-refractivity contribution in [1.29, 1.82) is 0 Å².